The zero-order chi connectivity index (χ0) is 30.2. The van der Waals surface area contributed by atoms with E-state index in [0.717, 1.165) is 25.7 Å². The molecule has 0 aromatic rings. The average Bonchev–Trinajstić information content (AvgIpc) is 2.88. The van der Waals surface area contributed by atoms with E-state index >= 15 is 0 Å². The van der Waals surface area contributed by atoms with Gasteiger partial charge in [0.05, 0.1) is 11.5 Å². The zero-order valence-corrected chi connectivity index (χ0v) is 28.2. The summed E-state index contributed by atoms with van der Waals surface area (Å²) in [5.41, 5.74) is 0. The van der Waals surface area contributed by atoms with Crippen LogP contribution in [0.2, 0.25) is 0 Å². The molecule has 0 fully saturated rings. The van der Waals surface area contributed by atoms with E-state index in [-0.39, 0.29) is 11.5 Å². The second-order valence-corrected chi connectivity index (χ2v) is 14.9. The molecule has 0 aliphatic rings. The summed E-state index contributed by atoms with van der Waals surface area (Å²) in [4.78, 5) is 0. The van der Waals surface area contributed by atoms with Crippen molar-refractivity contribution in [1.82, 2.24) is 0 Å². The predicted molar refractivity (Wildman–Crippen MR) is 173 cm³/mol. The summed E-state index contributed by atoms with van der Waals surface area (Å²) in [5.74, 6) is -0.157. The Hall–Kier alpha value is -0.180. The molecule has 0 atom stereocenters. The molecule has 0 aliphatic carbocycles. The maximum Gasteiger partial charge on any atom is 0.264 e. The van der Waals surface area contributed by atoms with Crippen LogP contribution in [0, 0.1) is 0 Å². The topological polar surface area (TPSA) is 109 Å². The Labute approximate surface area is 250 Å². The van der Waals surface area contributed by atoms with Crippen LogP contribution < -0.4 is 0 Å². The van der Waals surface area contributed by atoms with Gasteiger partial charge in [-0.3, -0.25) is 9.11 Å². The third kappa shape index (κ3) is 44.8. The summed E-state index contributed by atoms with van der Waals surface area (Å²) >= 11 is 0. The lowest BCUT2D eigenvalue weighted by atomic mass is 10.0. The zero-order valence-electron chi connectivity index (χ0n) is 26.6. The number of rotatable bonds is 30. The molecule has 0 amide bonds. The van der Waals surface area contributed by atoms with Crippen molar-refractivity contribution in [2.24, 2.45) is 0 Å². The minimum Gasteiger partial charge on any atom is -0.286 e. The predicted octanol–water partition coefficient (Wildman–Crippen LogP) is 10.7. The smallest absolute Gasteiger partial charge is 0.264 e. The number of unbranched alkanes of at least 4 members (excludes halogenated alkanes) is 26. The van der Waals surface area contributed by atoms with Crippen molar-refractivity contribution in [3.8, 4) is 0 Å². The standard InChI is InChI=1S/2C16H34O3S/c2*1-2-3-4-5-6-7-8-9-10-11-12-13-14-15-16-20(17,18)19/h2*2-16H2,1H3,(H,17,18,19). The van der Waals surface area contributed by atoms with Crippen LogP contribution in [-0.2, 0) is 20.2 Å². The highest BCUT2D eigenvalue weighted by atomic mass is 32.2. The number of hydrogen-bond acceptors (Lipinski definition) is 4. The van der Waals surface area contributed by atoms with Gasteiger partial charge in [-0.05, 0) is 12.8 Å². The fraction of sp³-hybridized carbons (Fsp3) is 1.00. The van der Waals surface area contributed by atoms with E-state index in [4.69, 9.17) is 9.11 Å². The van der Waals surface area contributed by atoms with Crippen LogP contribution in [0.4, 0.5) is 0 Å². The Bertz CT molecular complexity index is 632. The molecule has 0 aromatic carbocycles. The maximum absolute atomic E-state index is 10.5. The van der Waals surface area contributed by atoms with Gasteiger partial charge in [0.2, 0.25) is 0 Å². The van der Waals surface area contributed by atoms with Crippen molar-refractivity contribution in [2.75, 3.05) is 11.5 Å². The molecule has 0 bridgehead atoms. The molecule has 0 saturated heterocycles. The molecule has 8 heteroatoms. The molecule has 40 heavy (non-hydrogen) atoms. The van der Waals surface area contributed by atoms with Gasteiger partial charge in [-0.15, -0.1) is 0 Å². The fourth-order valence-corrected chi connectivity index (χ4v) is 6.10. The molecule has 0 spiro atoms. The first-order valence-electron chi connectivity index (χ1n) is 17.0. The third-order valence-corrected chi connectivity index (χ3v) is 9.12. The Morgan fingerprint density at radius 2 is 0.450 bits per heavy atom. The van der Waals surface area contributed by atoms with Gasteiger partial charge in [-0.25, -0.2) is 0 Å². The average molecular weight is 613 g/mol. The van der Waals surface area contributed by atoms with Crippen LogP contribution >= 0.6 is 0 Å². The fourth-order valence-electron chi connectivity index (χ4n) is 4.96. The number of hydrogen-bond donors (Lipinski definition) is 2. The Kier molecular flexibility index (Phi) is 33.3. The van der Waals surface area contributed by atoms with Gasteiger partial charge in [-0.2, -0.15) is 16.8 Å². The highest BCUT2D eigenvalue weighted by Gasteiger charge is 2.03. The van der Waals surface area contributed by atoms with Gasteiger partial charge in [0.15, 0.2) is 0 Å². The normalized spacial score (nSPS) is 11.9. The van der Waals surface area contributed by atoms with Crippen LogP contribution in [-0.4, -0.2) is 37.4 Å². The van der Waals surface area contributed by atoms with Crippen molar-refractivity contribution in [2.45, 2.75) is 194 Å². The molecular formula is C32H68O6S2. The van der Waals surface area contributed by atoms with Gasteiger partial charge in [0.1, 0.15) is 0 Å². The minimum atomic E-state index is -3.74. The Morgan fingerprint density at radius 3 is 0.600 bits per heavy atom. The van der Waals surface area contributed by atoms with E-state index in [2.05, 4.69) is 13.8 Å². The maximum atomic E-state index is 10.5. The molecule has 0 heterocycles. The Balaban J connectivity index is 0. The van der Waals surface area contributed by atoms with E-state index in [1.807, 2.05) is 0 Å². The van der Waals surface area contributed by atoms with Crippen LogP contribution in [0.5, 0.6) is 0 Å². The van der Waals surface area contributed by atoms with Gasteiger partial charge in [-0.1, -0.05) is 181 Å². The summed E-state index contributed by atoms with van der Waals surface area (Å²) in [7, 11) is -7.48. The van der Waals surface area contributed by atoms with Crippen LogP contribution in [0.15, 0.2) is 0 Å². The summed E-state index contributed by atoms with van der Waals surface area (Å²) in [6.45, 7) is 4.51. The molecule has 2 N–H and O–H groups in total. The van der Waals surface area contributed by atoms with E-state index in [9.17, 15) is 16.8 Å². The third-order valence-electron chi connectivity index (χ3n) is 7.51. The summed E-state index contributed by atoms with van der Waals surface area (Å²) in [6.07, 6.45) is 34.8. The molecular weight excluding hydrogens is 544 g/mol. The van der Waals surface area contributed by atoms with Crippen molar-refractivity contribution >= 4 is 20.2 Å². The first kappa shape index (κ1) is 42.0. The monoisotopic (exact) mass is 612 g/mol. The molecule has 0 unspecified atom stereocenters. The van der Waals surface area contributed by atoms with Crippen molar-refractivity contribution in [3.63, 3.8) is 0 Å². The molecule has 0 rings (SSSR count). The van der Waals surface area contributed by atoms with Gasteiger partial charge in [0.25, 0.3) is 20.2 Å². The van der Waals surface area contributed by atoms with Gasteiger partial charge >= 0.3 is 0 Å². The largest absolute Gasteiger partial charge is 0.286 e. The quantitative estimate of drug-likeness (QED) is 0.0617. The van der Waals surface area contributed by atoms with Crippen molar-refractivity contribution in [3.05, 3.63) is 0 Å². The molecule has 6 nitrogen and oxygen atoms in total. The molecule has 0 aromatic heterocycles. The minimum absolute atomic E-state index is 0.0783. The lowest BCUT2D eigenvalue weighted by Gasteiger charge is -2.03. The first-order chi connectivity index (χ1) is 19.1. The molecule has 0 saturated carbocycles. The lowest BCUT2D eigenvalue weighted by Crippen LogP contribution is -2.03. The van der Waals surface area contributed by atoms with E-state index < -0.39 is 20.2 Å². The summed E-state index contributed by atoms with van der Waals surface area (Å²) in [6, 6.07) is 0. The molecule has 244 valence electrons. The van der Waals surface area contributed by atoms with E-state index in [1.165, 1.54) is 141 Å². The SMILES string of the molecule is CCCCCCCCCCCCCCCCS(=O)(=O)O.CCCCCCCCCCCCCCCCS(=O)(=O)O. The lowest BCUT2D eigenvalue weighted by molar-refractivity contribution is 0.476. The first-order valence-corrected chi connectivity index (χ1v) is 20.2. The Morgan fingerprint density at radius 1 is 0.300 bits per heavy atom. The van der Waals surface area contributed by atoms with Crippen LogP contribution in [0.3, 0.4) is 0 Å². The van der Waals surface area contributed by atoms with E-state index in [1.54, 1.807) is 0 Å². The summed E-state index contributed by atoms with van der Waals surface area (Å²) < 4.78 is 59.2. The highest BCUT2D eigenvalue weighted by Crippen LogP contribution is 2.14. The van der Waals surface area contributed by atoms with Crippen LogP contribution in [0.25, 0.3) is 0 Å². The van der Waals surface area contributed by atoms with Crippen LogP contribution in [0.1, 0.15) is 194 Å². The second-order valence-electron chi connectivity index (χ2n) is 11.8. The molecule has 0 radical (unpaired) electrons. The van der Waals surface area contributed by atoms with E-state index in [0.29, 0.717) is 12.8 Å². The highest BCUT2D eigenvalue weighted by molar-refractivity contribution is 7.86. The van der Waals surface area contributed by atoms with Crippen molar-refractivity contribution in [1.29, 1.82) is 0 Å². The summed E-state index contributed by atoms with van der Waals surface area (Å²) in [5, 5.41) is 0. The van der Waals surface area contributed by atoms with Gasteiger partial charge in [0, 0.05) is 0 Å². The molecule has 0 aliphatic heterocycles. The second kappa shape index (κ2) is 31.7. The van der Waals surface area contributed by atoms with Gasteiger partial charge < -0.3 is 0 Å². The van der Waals surface area contributed by atoms with Crippen molar-refractivity contribution < 1.29 is 25.9 Å².